The normalized spacial score (nSPS) is 14.6. The third-order valence-corrected chi connectivity index (χ3v) is 23.9. The Morgan fingerprint density at radius 3 is 1.28 bits per heavy atom. The van der Waals surface area contributed by atoms with E-state index in [1.54, 1.807) is 0 Å². The van der Waals surface area contributed by atoms with Gasteiger partial charge in [-0.3, -0.25) is 0 Å². The lowest BCUT2D eigenvalue weighted by molar-refractivity contribution is 0.571. The summed E-state index contributed by atoms with van der Waals surface area (Å²) in [5.41, 5.74) is 30.8. The second-order valence-corrected chi connectivity index (χ2v) is 29.9. The van der Waals surface area contributed by atoms with Gasteiger partial charge in [0.25, 0.3) is 0 Å². The van der Waals surface area contributed by atoms with E-state index in [4.69, 9.17) is 15.4 Å². The third kappa shape index (κ3) is 8.97. The van der Waals surface area contributed by atoms with Gasteiger partial charge in [0.05, 0.1) is 0 Å². The molecule has 19 aromatic rings. The molecule has 2 aromatic heterocycles. The van der Waals surface area contributed by atoms with Crippen molar-refractivity contribution in [2.24, 2.45) is 0 Å². The monoisotopic (exact) mass is 1340 g/mol. The molecule has 17 aromatic carbocycles. The van der Waals surface area contributed by atoms with Crippen LogP contribution in [0.2, 0.25) is 0 Å². The maximum Gasteiger partial charge on any atom is 0.143 e. The minimum atomic E-state index is -0.574. The topological polar surface area (TPSA) is 26.3 Å². The first-order chi connectivity index (χ1) is 51.6. The molecule has 0 aliphatic heterocycles. The first-order valence-corrected chi connectivity index (χ1v) is 36.8. The Bertz CT molecular complexity index is 6840. The van der Waals surface area contributed by atoms with Crippen molar-refractivity contribution >= 4 is 103 Å². The average molecular weight is 1340 g/mol. The molecule has 2 nitrogen and oxygen atoms in total. The fourth-order valence-corrected chi connectivity index (χ4v) is 19.0. The molecule has 0 saturated heterocycles. The van der Waals surface area contributed by atoms with Crippen LogP contribution in [-0.2, 0) is 17.3 Å². The summed E-state index contributed by atoms with van der Waals surface area (Å²) in [4.78, 5) is 0. The van der Waals surface area contributed by atoms with Gasteiger partial charge in [-0.05, 0) is 209 Å². The molecule has 2 aliphatic rings. The second kappa shape index (κ2) is 23.1. The van der Waals surface area contributed by atoms with Crippen molar-refractivity contribution in [1.82, 2.24) is 0 Å². The minimum absolute atomic E-state index is 0.277. The van der Waals surface area contributed by atoms with Crippen molar-refractivity contribution in [2.45, 2.75) is 44.9 Å². The van der Waals surface area contributed by atoms with Crippen LogP contribution in [0, 0.1) is 6.92 Å². The van der Waals surface area contributed by atoms with E-state index >= 15 is 0 Å². The molecule has 0 fully saturated rings. The van der Waals surface area contributed by atoms with Crippen molar-refractivity contribution < 1.29 is 8.83 Å². The van der Waals surface area contributed by atoms with Gasteiger partial charge >= 0.3 is 0 Å². The van der Waals surface area contributed by atoms with Crippen molar-refractivity contribution in [1.29, 1.82) is 0 Å². The zero-order valence-corrected chi connectivity index (χ0v) is 58.9. The molecular weight excluding hydrogens is 1270 g/mol. The van der Waals surface area contributed by atoms with Crippen LogP contribution >= 0.6 is 0 Å². The predicted molar refractivity (Wildman–Crippen MR) is 444 cm³/mol. The zero-order valence-electron chi connectivity index (χ0n) is 58.9. The van der Waals surface area contributed by atoms with Gasteiger partial charge in [-0.25, -0.2) is 0 Å². The third-order valence-electron chi connectivity index (χ3n) is 23.9. The molecule has 0 N–H and O–H groups in total. The second-order valence-electron chi connectivity index (χ2n) is 29.9. The van der Waals surface area contributed by atoms with Crippen molar-refractivity contribution in [3.63, 3.8) is 0 Å². The Kier molecular flexibility index (Phi) is 13.4. The molecule has 1 atom stereocenters. The molecule has 2 heterocycles. The van der Waals surface area contributed by atoms with Gasteiger partial charge in [0.2, 0.25) is 0 Å². The van der Waals surface area contributed by atoms with Crippen LogP contribution in [-0.4, -0.2) is 0 Å². The summed E-state index contributed by atoms with van der Waals surface area (Å²) in [5.74, 6) is 0. The van der Waals surface area contributed by atoms with E-state index in [2.05, 4.69) is 355 Å². The summed E-state index contributed by atoms with van der Waals surface area (Å²) in [6, 6.07) is 119. The summed E-state index contributed by atoms with van der Waals surface area (Å²) >= 11 is 0. The summed E-state index contributed by atoms with van der Waals surface area (Å²) in [5, 5.41) is 17.0. The van der Waals surface area contributed by atoms with Crippen LogP contribution in [0.25, 0.3) is 181 Å². The number of hydrogen-bond acceptors (Lipinski definition) is 2. The lowest BCUT2D eigenvalue weighted by Gasteiger charge is -2.29. The number of fused-ring (bicyclic) bond motifs is 17. The van der Waals surface area contributed by atoms with E-state index < -0.39 is 5.41 Å². The molecule has 0 spiro atoms. The maximum absolute atomic E-state index is 7.38. The van der Waals surface area contributed by atoms with E-state index in [-0.39, 0.29) is 5.41 Å². The standard InChI is InChI=1S/C103H70O2/c1-6-85-97(91-61(2)40-53-81-72-29-21-22-39-89(72)104-101(81)91)83-55-50-70(63-43-47-67(48-44-63)95-79-36-19-15-32-75(79)93(65-26-11-8-12-27-65)76-33-16-20-37-80(76)95)59-88(83)103(85,5)60-71-28-23-38-84-99-90(105-100(71)84)57-52-68-51-56-86-98(96(68)99)82-54-49-69(58-87(82)102(86,3)4)62-41-45-66(46-42-62)94-77-34-17-13-30-73(77)92(64-24-9-7-10-25-64)74-31-14-18-35-78(74)94/h6-59H,1,60H2,2-5H3. The lowest BCUT2D eigenvalue weighted by Crippen LogP contribution is -2.25. The van der Waals surface area contributed by atoms with Gasteiger partial charge in [-0.1, -0.05) is 331 Å². The zero-order chi connectivity index (χ0) is 70.0. The van der Waals surface area contributed by atoms with E-state index in [1.165, 1.54) is 148 Å². The molecule has 494 valence electrons. The van der Waals surface area contributed by atoms with E-state index in [0.717, 1.165) is 77.3 Å². The Morgan fingerprint density at radius 2 is 0.743 bits per heavy atom. The fraction of sp³-hybridized carbons (Fsp3) is 0.0680. The summed E-state index contributed by atoms with van der Waals surface area (Å²) in [6.07, 6.45) is 2.79. The molecule has 2 aliphatic carbocycles. The SMILES string of the molecule is C=CC1=C(c2c(C)ccc3c2oc2ccccc23)c2ccc(-c3ccc(-c4c5ccccc5c(-c5ccccc5)c5ccccc45)cc3)cc2C1(C)Cc1cccc2c1oc1ccc3ccc4c(c3c12)-c1ccc(-c2ccc(-c3c5ccccc5c(-c5ccccc5)c5ccccc35)cc2)cc1C4(C)C. The molecule has 1 unspecified atom stereocenters. The Hall–Kier alpha value is -12.9. The highest BCUT2D eigenvalue weighted by Crippen LogP contribution is 2.58. The van der Waals surface area contributed by atoms with Crippen LogP contribution in [0.4, 0.5) is 0 Å². The van der Waals surface area contributed by atoms with Crippen LogP contribution in [0.3, 0.4) is 0 Å². The van der Waals surface area contributed by atoms with E-state index in [9.17, 15) is 0 Å². The van der Waals surface area contributed by atoms with Crippen LogP contribution in [0.15, 0.2) is 349 Å². The van der Waals surface area contributed by atoms with E-state index in [1.807, 2.05) is 0 Å². The Labute approximate surface area is 609 Å². The first-order valence-electron chi connectivity index (χ1n) is 36.8. The van der Waals surface area contributed by atoms with Crippen LogP contribution in [0.5, 0.6) is 0 Å². The highest BCUT2D eigenvalue weighted by atomic mass is 16.3. The van der Waals surface area contributed by atoms with Crippen molar-refractivity contribution in [2.75, 3.05) is 0 Å². The Balaban J connectivity index is 0.682. The lowest BCUT2D eigenvalue weighted by atomic mass is 9.73. The van der Waals surface area contributed by atoms with Crippen LogP contribution in [0.1, 0.15) is 59.7 Å². The average Bonchev–Trinajstić information content (AvgIpc) is 1.61. The largest absolute Gasteiger partial charge is 0.456 e. The highest BCUT2D eigenvalue weighted by Gasteiger charge is 2.43. The van der Waals surface area contributed by atoms with Gasteiger partial charge < -0.3 is 8.83 Å². The molecule has 0 saturated carbocycles. The molecular formula is C103H70O2. The summed E-state index contributed by atoms with van der Waals surface area (Å²) < 4.78 is 14.4. The van der Waals surface area contributed by atoms with Crippen molar-refractivity contribution in [3.8, 4) is 77.9 Å². The van der Waals surface area contributed by atoms with Gasteiger partial charge in [0.15, 0.2) is 0 Å². The van der Waals surface area contributed by atoms with Crippen molar-refractivity contribution in [3.05, 3.63) is 379 Å². The molecule has 0 radical (unpaired) electrons. The summed E-state index contributed by atoms with van der Waals surface area (Å²) in [6.45, 7) is 14.2. The van der Waals surface area contributed by atoms with Crippen LogP contribution < -0.4 is 0 Å². The number of allylic oxidation sites excluding steroid dienone is 2. The molecule has 0 amide bonds. The number of aryl methyl sites for hydroxylation is 1. The predicted octanol–water partition coefficient (Wildman–Crippen LogP) is 28.4. The number of hydrogen-bond donors (Lipinski definition) is 0. The number of furan rings is 2. The summed E-state index contributed by atoms with van der Waals surface area (Å²) in [7, 11) is 0. The fourth-order valence-electron chi connectivity index (χ4n) is 19.0. The smallest absolute Gasteiger partial charge is 0.143 e. The Morgan fingerprint density at radius 1 is 0.305 bits per heavy atom. The molecule has 21 rings (SSSR count). The maximum atomic E-state index is 7.38. The number of rotatable bonds is 10. The molecule has 0 bridgehead atoms. The quantitative estimate of drug-likeness (QED) is 0.128. The van der Waals surface area contributed by atoms with Gasteiger partial charge in [0.1, 0.15) is 22.3 Å². The van der Waals surface area contributed by atoms with Gasteiger partial charge in [-0.2, -0.15) is 0 Å². The van der Waals surface area contributed by atoms with Gasteiger partial charge in [-0.15, -0.1) is 0 Å². The minimum Gasteiger partial charge on any atom is -0.456 e. The van der Waals surface area contributed by atoms with Gasteiger partial charge in [0, 0.05) is 43.3 Å². The molecule has 2 heteroatoms. The van der Waals surface area contributed by atoms with E-state index in [0.29, 0.717) is 6.42 Å². The number of para-hydroxylation sites is 2. The highest BCUT2D eigenvalue weighted by molar-refractivity contribution is 6.26. The number of benzene rings is 17. The molecule has 105 heavy (non-hydrogen) atoms. The first kappa shape index (κ1) is 60.8.